The Labute approximate surface area is 186 Å². The van der Waals surface area contributed by atoms with Crippen molar-refractivity contribution in [3.05, 3.63) is 72.4 Å². The summed E-state index contributed by atoms with van der Waals surface area (Å²) in [5.41, 5.74) is 1.21. The van der Waals surface area contributed by atoms with Crippen LogP contribution in [0.15, 0.2) is 66.8 Å². The van der Waals surface area contributed by atoms with Crippen LogP contribution in [-0.4, -0.2) is 29.4 Å². The molecule has 3 rings (SSSR count). The smallest absolute Gasteiger partial charge is 0.220 e. The first-order chi connectivity index (χ1) is 15.1. The molecule has 2 aliphatic rings. The number of ketones is 1. The summed E-state index contributed by atoms with van der Waals surface area (Å²) in [5, 5.41) is 13.3. The van der Waals surface area contributed by atoms with Crippen LogP contribution in [0.2, 0.25) is 0 Å². The summed E-state index contributed by atoms with van der Waals surface area (Å²) in [7, 11) is 0. The van der Waals surface area contributed by atoms with Gasteiger partial charge >= 0.3 is 0 Å². The van der Waals surface area contributed by atoms with Crippen molar-refractivity contribution in [2.24, 2.45) is 17.8 Å². The topological polar surface area (TPSA) is 66.4 Å². The molecule has 0 unspecified atom stereocenters. The van der Waals surface area contributed by atoms with Crippen molar-refractivity contribution in [3.63, 3.8) is 0 Å². The van der Waals surface area contributed by atoms with E-state index in [9.17, 15) is 14.7 Å². The summed E-state index contributed by atoms with van der Waals surface area (Å²) in [6, 6.07) is 10.1. The molecule has 1 amide bonds. The van der Waals surface area contributed by atoms with Crippen molar-refractivity contribution in [3.8, 4) is 0 Å². The molecule has 166 valence electrons. The minimum absolute atomic E-state index is 0.109. The number of benzene rings is 1. The Morgan fingerprint density at radius 3 is 2.77 bits per heavy atom. The Morgan fingerprint density at radius 2 is 2.00 bits per heavy atom. The maximum atomic E-state index is 12.2. The fourth-order valence-corrected chi connectivity index (χ4v) is 3.85. The molecule has 2 aliphatic carbocycles. The van der Waals surface area contributed by atoms with E-state index in [4.69, 9.17) is 0 Å². The number of rotatable bonds is 13. The molecule has 31 heavy (non-hydrogen) atoms. The van der Waals surface area contributed by atoms with Crippen molar-refractivity contribution < 1.29 is 14.7 Å². The quantitative estimate of drug-likeness (QED) is 0.363. The zero-order valence-electron chi connectivity index (χ0n) is 18.3. The maximum absolute atomic E-state index is 12.2. The molecule has 1 fully saturated rings. The average Bonchev–Trinajstić information content (AvgIpc) is 3.55. The third-order valence-corrected chi connectivity index (χ3v) is 6.04. The van der Waals surface area contributed by atoms with Gasteiger partial charge in [0.15, 0.2) is 5.78 Å². The van der Waals surface area contributed by atoms with Gasteiger partial charge in [-0.15, -0.1) is 0 Å². The Kier molecular flexibility index (Phi) is 9.29. The molecule has 0 heterocycles. The van der Waals surface area contributed by atoms with Gasteiger partial charge in [-0.25, -0.2) is 0 Å². The molecule has 2 N–H and O–H groups in total. The molecular formula is C27H35NO3. The highest BCUT2D eigenvalue weighted by molar-refractivity contribution is 5.95. The Morgan fingerprint density at radius 1 is 1.19 bits per heavy atom. The highest BCUT2D eigenvalue weighted by Gasteiger charge is 2.27. The number of aliphatic hydroxyl groups excluding tert-OH is 1. The molecule has 0 saturated heterocycles. The molecule has 3 atom stereocenters. The first kappa shape index (κ1) is 23.2. The molecule has 1 aromatic carbocycles. The van der Waals surface area contributed by atoms with Gasteiger partial charge in [0.25, 0.3) is 0 Å². The molecule has 1 saturated carbocycles. The average molecular weight is 422 g/mol. The van der Waals surface area contributed by atoms with E-state index in [1.807, 2.05) is 30.4 Å². The van der Waals surface area contributed by atoms with Crippen molar-refractivity contribution in [2.45, 2.75) is 57.5 Å². The number of nitrogens with one attached hydrogen (secondary N) is 1. The number of carbonyl (C=O) groups is 2. The Balaban J connectivity index is 1.33. The lowest BCUT2D eigenvalue weighted by Crippen LogP contribution is -2.24. The fourth-order valence-electron chi connectivity index (χ4n) is 3.85. The molecule has 0 bridgehead atoms. The van der Waals surface area contributed by atoms with Gasteiger partial charge in [-0.05, 0) is 68.4 Å². The van der Waals surface area contributed by atoms with E-state index >= 15 is 0 Å². The Bertz CT molecular complexity index is 792. The maximum Gasteiger partial charge on any atom is 0.220 e. The normalized spacial score (nSPS) is 21.9. The highest BCUT2D eigenvalue weighted by atomic mass is 16.3. The second kappa shape index (κ2) is 12.4. The van der Waals surface area contributed by atoms with Gasteiger partial charge < -0.3 is 10.4 Å². The third-order valence-electron chi connectivity index (χ3n) is 6.04. The van der Waals surface area contributed by atoms with Crippen molar-refractivity contribution >= 4 is 11.7 Å². The summed E-state index contributed by atoms with van der Waals surface area (Å²) < 4.78 is 0. The summed E-state index contributed by atoms with van der Waals surface area (Å²) in [6.45, 7) is 0.840. The molecular weight excluding hydrogens is 386 g/mol. The van der Waals surface area contributed by atoms with E-state index in [-0.39, 0.29) is 23.5 Å². The molecule has 0 radical (unpaired) electrons. The zero-order chi connectivity index (χ0) is 21.9. The summed E-state index contributed by atoms with van der Waals surface area (Å²) in [4.78, 5) is 24.0. The lowest BCUT2D eigenvalue weighted by atomic mass is 9.90. The van der Waals surface area contributed by atoms with E-state index in [2.05, 4.69) is 29.6 Å². The van der Waals surface area contributed by atoms with Gasteiger partial charge in [-0.1, -0.05) is 60.7 Å². The molecule has 1 aromatic rings. The number of aliphatic hydroxyl groups is 1. The first-order valence-corrected chi connectivity index (χ1v) is 11.7. The van der Waals surface area contributed by atoms with Crippen LogP contribution in [-0.2, 0) is 16.0 Å². The minimum Gasteiger partial charge on any atom is -0.389 e. The van der Waals surface area contributed by atoms with Gasteiger partial charge in [0, 0.05) is 18.9 Å². The second-order valence-corrected chi connectivity index (χ2v) is 8.77. The van der Waals surface area contributed by atoms with Crippen LogP contribution in [0.4, 0.5) is 0 Å². The first-order valence-electron chi connectivity index (χ1n) is 11.7. The minimum atomic E-state index is -0.546. The highest BCUT2D eigenvalue weighted by Crippen LogP contribution is 2.28. The van der Waals surface area contributed by atoms with Gasteiger partial charge in [0.2, 0.25) is 5.91 Å². The van der Waals surface area contributed by atoms with Crippen LogP contribution in [0, 0.1) is 17.8 Å². The predicted molar refractivity (Wildman–Crippen MR) is 124 cm³/mol. The van der Waals surface area contributed by atoms with Gasteiger partial charge in [0.1, 0.15) is 0 Å². The Hall–Kier alpha value is -2.46. The second-order valence-electron chi connectivity index (χ2n) is 8.77. The summed E-state index contributed by atoms with van der Waals surface area (Å²) in [5.74, 6) is 0.934. The zero-order valence-corrected chi connectivity index (χ0v) is 18.3. The number of hydrogen-bond acceptors (Lipinski definition) is 3. The van der Waals surface area contributed by atoms with Crippen LogP contribution >= 0.6 is 0 Å². The van der Waals surface area contributed by atoms with E-state index in [1.165, 1.54) is 18.4 Å². The number of unbranched alkanes of at least 4 members (excludes halogenated alkanes) is 1. The fraction of sp³-hybridized carbons (Fsp3) is 0.481. The van der Waals surface area contributed by atoms with E-state index in [0.717, 1.165) is 38.1 Å². The van der Waals surface area contributed by atoms with Crippen LogP contribution in [0.25, 0.3) is 0 Å². The predicted octanol–water partition coefficient (Wildman–Crippen LogP) is 4.55. The van der Waals surface area contributed by atoms with Crippen LogP contribution in [0.3, 0.4) is 0 Å². The third kappa shape index (κ3) is 8.66. The number of allylic oxidation sites excluding steroid dienone is 5. The summed E-state index contributed by atoms with van der Waals surface area (Å²) >= 11 is 0. The van der Waals surface area contributed by atoms with E-state index in [0.29, 0.717) is 12.8 Å². The molecule has 0 spiro atoms. The van der Waals surface area contributed by atoms with Crippen molar-refractivity contribution in [1.82, 2.24) is 5.32 Å². The number of carbonyl (C=O) groups excluding carboxylic acids is 2. The summed E-state index contributed by atoms with van der Waals surface area (Å²) in [6.07, 6.45) is 18.0. The molecule has 0 aliphatic heterocycles. The van der Waals surface area contributed by atoms with E-state index in [1.54, 1.807) is 12.2 Å². The lowest BCUT2D eigenvalue weighted by molar-refractivity contribution is -0.121. The lowest BCUT2D eigenvalue weighted by Gasteiger charge is -2.13. The SMILES string of the molecule is O=C(CCCC=CC[C@H]1C=CC(=O)[C@@H]1C=C[C@@H](O)CCc1ccccc1)NCC1CC1. The standard InChI is InChI=1S/C27H35NO3/c29-24(16-14-21-8-4-3-5-9-21)17-18-25-23(15-19-26(25)30)10-6-1-2-7-11-27(31)28-20-22-12-13-22/h1,3-6,8-9,15,17-19,22-25,29H,2,7,10-14,16,20H2,(H,28,31)/t23-,24-,25+/m0/s1. The number of hydrogen-bond donors (Lipinski definition) is 2. The molecule has 4 heteroatoms. The van der Waals surface area contributed by atoms with E-state index < -0.39 is 6.10 Å². The number of amides is 1. The van der Waals surface area contributed by atoms with Crippen LogP contribution < -0.4 is 5.32 Å². The van der Waals surface area contributed by atoms with Crippen molar-refractivity contribution in [2.75, 3.05) is 6.54 Å². The molecule has 4 nitrogen and oxygen atoms in total. The van der Waals surface area contributed by atoms with Crippen LogP contribution in [0.1, 0.15) is 50.5 Å². The largest absolute Gasteiger partial charge is 0.389 e. The van der Waals surface area contributed by atoms with Crippen molar-refractivity contribution in [1.29, 1.82) is 0 Å². The van der Waals surface area contributed by atoms with Crippen LogP contribution in [0.5, 0.6) is 0 Å². The molecule has 0 aromatic heterocycles. The van der Waals surface area contributed by atoms with Gasteiger partial charge in [-0.3, -0.25) is 9.59 Å². The van der Waals surface area contributed by atoms with Gasteiger partial charge in [-0.2, -0.15) is 0 Å². The monoisotopic (exact) mass is 421 g/mol. The van der Waals surface area contributed by atoms with Gasteiger partial charge in [0.05, 0.1) is 6.10 Å². The number of aryl methyl sites for hydroxylation is 1.